The molecule has 1 N–H and O–H groups in total. The first kappa shape index (κ1) is 22.8. The van der Waals surface area contributed by atoms with E-state index in [9.17, 15) is 4.79 Å². The molecule has 0 aliphatic carbocycles. The lowest BCUT2D eigenvalue weighted by Crippen LogP contribution is -2.45. The van der Waals surface area contributed by atoms with Crippen LogP contribution in [0.15, 0.2) is 53.6 Å². The van der Waals surface area contributed by atoms with Crippen molar-refractivity contribution in [1.82, 2.24) is 9.99 Å². The number of hydrogen-bond donors (Lipinski definition) is 1. The lowest BCUT2D eigenvalue weighted by atomic mass is 9.79. The average molecular weight is 443 g/mol. The topological polar surface area (TPSA) is 49.6 Å². The normalized spacial score (nSPS) is 17.3. The standard InChI is InChI=1S/C28H34N4O/c1-18-13-26-25(19(2)16-28(5,6)31(26)7)15-23(18)17-29-30-27(33)22-9-8-10-24(14-22)32-20(3)11-12-21(32)4/h8-15,17,19H,16H2,1-7H3,(H,30,33)/b29-17-. The Bertz CT molecular complexity index is 1220. The monoisotopic (exact) mass is 442 g/mol. The first-order valence-electron chi connectivity index (χ1n) is 11.6. The second-order valence-corrected chi connectivity index (χ2v) is 9.95. The van der Waals surface area contributed by atoms with E-state index in [0.29, 0.717) is 11.5 Å². The molecule has 2 heterocycles. The average Bonchev–Trinajstić information content (AvgIpc) is 3.10. The predicted octanol–water partition coefficient (Wildman–Crippen LogP) is 5.89. The molecule has 1 aliphatic rings. The van der Waals surface area contributed by atoms with Crippen molar-refractivity contribution < 1.29 is 4.79 Å². The van der Waals surface area contributed by atoms with Crippen LogP contribution in [0.2, 0.25) is 0 Å². The van der Waals surface area contributed by atoms with E-state index in [0.717, 1.165) is 34.6 Å². The highest BCUT2D eigenvalue weighted by molar-refractivity contribution is 5.95. The van der Waals surface area contributed by atoms with Gasteiger partial charge in [-0.2, -0.15) is 5.10 Å². The third-order valence-electron chi connectivity index (χ3n) is 7.03. The number of benzene rings is 2. The van der Waals surface area contributed by atoms with Gasteiger partial charge in [-0.1, -0.05) is 13.0 Å². The van der Waals surface area contributed by atoms with Crippen molar-refractivity contribution in [3.05, 3.63) is 82.2 Å². The number of amides is 1. The molecule has 5 heteroatoms. The van der Waals surface area contributed by atoms with Crippen molar-refractivity contribution in [1.29, 1.82) is 0 Å². The van der Waals surface area contributed by atoms with Crippen LogP contribution in [0.25, 0.3) is 5.69 Å². The van der Waals surface area contributed by atoms with Crippen LogP contribution >= 0.6 is 0 Å². The van der Waals surface area contributed by atoms with Crippen molar-refractivity contribution in [2.45, 2.75) is 59.4 Å². The molecule has 0 fully saturated rings. The van der Waals surface area contributed by atoms with Gasteiger partial charge >= 0.3 is 0 Å². The van der Waals surface area contributed by atoms with E-state index in [4.69, 9.17) is 0 Å². The van der Waals surface area contributed by atoms with Gasteiger partial charge in [-0.3, -0.25) is 4.79 Å². The molecule has 1 aliphatic heterocycles. The molecule has 1 aromatic heterocycles. The minimum atomic E-state index is -0.221. The molecule has 5 nitrogen and oxygen atoms in total. The lowest BCUT2D eigenvalue weighted by molar-refractivity contribution is 0.0955. The van der Waals surface area contributed by atoms with E-state index in [2.05, 4.69) is 92.8 Å². The number of rotatable bonds is 4. The Kier molecular flexibility index (Phi) is 5.91. The summed E-state index contributed by atoms with van der Waals surface area (Å²) in [7, 11) is 2.17. The zero-order valence-electron chi connectivity index (χ0n) is 20.7. The number of nitrogens with one attached hydrogen (secondary N) is 1. The van der Waals surface area contributed by atoms with Crippen molar-refractivity contribution in [2.75, 3.05) is 11.9 Å². The molecule has 0 spiro atoms. The Hall–Kier alpha value is -3.34. The van der Waals surface area contributed by atoms with Gasteiger partial charge in [-0.15, -0.1) is 0 Å². The second kappa shape index (κ2) is 8.54. The van der Waals surface area contributed by atoms with Gasteiger partial charge in [0.1, 0.15) is 0 Å². The summed E-state index contributed by atoms with van der Waals surface area (Å²) in [5.74, 6) is 0.248. The highest BCUT2D eigenvalue weighted by atomic mass is 16.2. The van der Waals surface area contributed by atoms with Crippen LogP contribution in [0.1, 0.15) is 71.5 Å². The van der Waals surface area contributed by atoms with Gasteiger partial charge in [-0.25, -0.2) is 5.43 Å². The minimum absolute atomic E-state index is 0.134. The Morgan fingerprint density at radius 1 is 1.09 bits per heavy atom. The smallest absolute Gasteiger partial charge is 0.271 e. The number of hydrogen-bond acceptors (Lipinski definition) is 3. The van der Waals surface area contributed by atoms with Crippen molar-refractivity contribution in [3.63, 3.8) is 0 Å². The third kappa shape index (κ3) is 4.32. The molecule has 33 heavy (non-hydrogen) atoms. The number of hydrazone groups is 1. The van der Waals surface area contributed by atoms with Gasteiger partial charge in [0.15, 0.2) is 0 Å². The number of carbonyl (C=O) groups excluding carboxylic acids is 1. The Balaban J connectivity index is 1.53. The van der Waals surface area contributed by atoms with E-state index in [1.165, 1.54) is 11.3 Å². The summed E-state index contributed by atoms with van der Waals surface area (Å²) in [6, 6.07) is 16.2. The summed E-state index contributed by atoms with van der Waals surface area (Å²) in [5.41, 5.74) is 11.4. The molecule has 0 bridgehead atoms. The van der Waals surface area contributed by atoms with Crippen LogP contribution in [0, 0.1) is 20.8 Å². The van der Waals surface area contributed by atoms with E-state index in [1.54, 1.807) is 6.21 Å². The maximum absolute atomic E-state index is 12.8. The highest BCUT2D eigenvalue weighted by Crippen LogP contribution is 2.43. The summed E-state index contributed by atoms with van der Waals surface area (Å²) < 4.78 is 2.13. The van der Waals surface area contributed by atoms with Crippen molar-refractivity contribution in [2.24, 2.45) is 5.10 Å². The Morgan fingerprint density at radius 3 is 2.48 bits per heavy atom. The molecule has 0 radical (unpaired) electrons. The van der Waals surface area contributed by atoms with Crippen molar-refractivity contribution >= 4 is 17.8 Å². The molecule has 4 rings (SSSR count). The number of aryl methyl sites for hydroxylation is 3. The predicted molar refractivity (Wildman–Crippen MR) is 137 cm³/mol. The zero-order chi connectivity index (χ0) is 23.9. The quantitative estimate of drug-likeness (QED) is 0.405. The fourth-order valence-corrected chi connectivity index (χ4v) is 4.96. The molecule has 0 saturated heterocycles. The fourth-order valence-electron chi connectivity index (χ4n) is 4.96. The SMILES string of the molecule is Cc1cc2c(cc1/C=N\NC(=O)c1cccc(-n3c(C)ccc3C)c1)C(C)CC(C)(C)N2C. The van der Waals surface area contributed by atoms with Gasteiger partial charge in [0.05, 0.1) is 6.21 Å². The summed E-state index contributed by atoms with van der Waals surface area (Å²) >= 11 is 0. The first-order valence-corrected chi connectivity index (χ1v) is 11.6. The van der Waals surface area contributed by atoms with E-state index >= 15 is 0 Å². The number of aromatic nitrogens is 1. The first-order chi connectivity index (χ1) is 15.6. The second-order valence-electron chi connectivity index (χ2n) is 9.95. The van der Waals surface area contributed by atoms with Crippen LogP contribution < -0.4 is 10.3 Å². The molecule has 0 saturated carbocycles. The van der Waals surface area contributed by atoms with E-state index in [1.807, 2.05) is 24.3 Å². The molecular formula is C28H34N4O. The van der Waals surface area contributed by atoms with Crippen molar-refractivity contribution in [3.8, 4) is 5.69 Å². The fraction of sp³-hybridized carbons (Fsp3) is 0.357. The molecule has 1 atom stereocenters. The zero-order valence-corrected chi connectivity index (χ0v) is 20.7. The lowest BCUT2D eigenvalue weighted by Gasteiger charge is -2.45. The van der Waals surface area contributed by atoms with Gasteiger partial charge < -0.3 is 9.47 Å². The molecule has 2 aromatic carbocycles. The van der Waals surface area contributed by atoms with Gasteiger partial charge in [0.2, 0.25) is 0 Å². The van der Waals surface area contributed by atoms with E-state index < -0.39 is 0 Å². The summed E-state index contributed by atoms with van der Waals surface area (Å²) in [6.07, 6.45) is 2.85. The van der Waals surface area contributed by atoms with Crippen LogP contribution in [0.5, 0.6) is 0 Å². The summed E-state index contributed by atoms with van der Waals surface area (Å²) in [4.78, 5) is 15.1. The Morgan fingerprint density at radius 2 is 1.79 bits per heavy atom. The molecular weight excluding hydrogens is 408 g/mol. The van der Waals surface area contributed by atoms with Gasteiger partial charge in [0.25, 0.3) is 5.91 Å². The van der Waals surface area contributed by atoms with Crippen LogP contribution in [0.4, 0.5) is 5.69 Å². The molecule has 1 unspecified atom stereocenters. The minimum Gasteiger partial charge on any atom is -0.369 e. The maximum atomic E-state index is 12.8. The number of fused-ring (bicyclic) bond motifs is 1. The highest BCUT2D eigenvalue weighted by Gasteiger charge is 2.34. The van der Waals surface area contributed by atoms with Gasteiger partial charge in [-0.05, 0) is 106 Å². The summed E-state index contributed by atoms with van der Waals surface area (Å²) in [5, 5.41) is 4.28. The maximum Gasteiger partial charge on any atom is 0.271 e. The number of carbonyl (C=O) groups is 1. The third-order valence-corrected chi connectivity index (χ3v) is 7.03. The molecule has 172 valence electrons. The van der Waals surface area contributed by atoms with Crippen LogP contribution in [0.3, 0.4) is 0 Å². The Labute approximate surface area is 197 Å². The largest absolute Gasteiger partial charge is 0.369 e. The molecule has 3 aromatic rings. The number of anilines is 1. The van der Waals surface area contributed by atoms with Crippen LogP contribution in [-0.2, 0) is 0 Å². The van der Waals surface area contributed by atoms with Crippen LogP contribution in [-0.4, -0.2) is 29.3 Å². The summed E-state index contributed by atoms with van der Waals surface area (Å²) in [6.45, 7) is 13.1. The van der Waals surface area contributed by atoms with E-state index in [-0.39, 0.29) is 11.4 Å². The number of nitrogens with zero attached hydrogens (tertiary/aromatic N) is 3. The van der Waals surface area contributed by atoms with Gasteiger partial charge in [0, 0.05) is 40.9 Å². The molecule has 1 amide bonds.